The normalized spacial score (nSPS) is 10.9. The molecule has 0 aliphatic heterocycles. The van der Waals surface area contributed by atoms with Crippen molar-refractivity contribution >= 4 is 11.5 Å². The molecule has 0 fully saturated rings. The predicted molar refractivity (Wildman–Crippen MR) is 62.8 cm³/mol. The third-order valence-corrected chi connectivity index (χ3v) is 2.67. The molecule has 0 N–H and O–H groups in total. The summed E-state index contributed by atoms with van der Waals surface area (Å²) in [7, 11) is 0. The van der Waals surface area contributed by atoms with Crippen LogP contribution < -0.4 is 0 Å². The van der Waals surface area contributed by atoms with Gasteiger partial charge in [0.15, 0.2) is 0 Å². The van der Waals surface area contributed by atoms with E-state index in [1.807, 2.05) is 6.92 Å². The van der Waals surface area contributed by atoms with Gasteiger partial charge in [-0.05, 0) is 13.8 Å². The molecule has 0 aliphatic carbocycles. The van der Waals surface area contributed by atoms with Crippen LogP contribution in [-0.4, -0.2) is 20.5 Å². The molecule has 1 heterocycles. The van der Waals surface area contributed by atoms with Gasteiger partial charge in [-0.3, -0.25) is 19.6 Å². The molecule has 17 heavy (non-hydrogen) atoms. The lowest BCUT2D eigenvalue weighted by Gasteiger charge is -2.05. The van der Waals surface area contributed by atoms with E-state index < -0.39 is 4.92 Å². The Hall–Kier alpha value is -1.72. The van der Waals surface area contributed by atoms with Crippen LogP contribution in [-0.2, 0) is 17.8 Å². The molecule has 1 rings (SSSR count). The van der Waals surface area contributed by atoms with E-state index in [1.54, 1.807) is 20.8 Å². The monoisotopic (exact) mass is 239 g/mol. The van der Waals surface area contributed by atoms with Crippen molar-refractivity contribution in [3.8, 4) is 0 Å². The van der Waals surface area contributed by atoms with Gasteiger partial charge in [-0.1, -0.05) is 13.8 Å². The van der Waals surface area contributed by atoms with E-state index in [4.69, 9.17) is 0 Å². The average Bonchev–Trinajstić information content (AvgIpc) is 2.54. The smallest absolute Gasteiger partial charge is 0.299 e. The van der Waals surface area contributed by atoms with Crippen LogP contribution in [0, 0.1) is 23.0 Å². The zero-order valence-corrected chi connectivity index (χ0v) is 10.6. The number of rotatable bonds is 5. The first-order chi connectivity index (χ1) is 7.88. The lowest BCUT2D eigenvalue weighted by Crippen LogP contribution is -2.15. The maximum absolute atomic E-state index is 11.7. The number of hydrogen-bond acceptors (Lipinski definition) is 4. The molecule has 6 nitrogen and oxygen atoms in total. The minimum atomic E-state index is -0.461. The van der Waals surface area contributed by atoms with E-state index in [2.05, 4.69) is 5.10 Å². The zero-order valence-electron chi connectivity index (χ0n) is 10.6. The second-order valence-electron chi connectivity index (χ2n) is 4.25. The van der Waals surface area contributed by atoms with Gasteiger partial charge in [-0.2, -0.15) is 5.10 Å². The van der Waals surface area contributed by atoms with Gasteiger partial charge in [-0.25, -0.2) is 0 Å². The summed E-state index contributed by atoms with van der Waals surface area (Å²) >= 11 is 0. The largest absolute Gasteiger partial charge is 0.313 e. The highest BCUT2D eigenvalue weighted by Crippen LogP contribution is 2.24. The number of aromatic nitrogens is 2. The van der Waals surface area contributed by atoms with Gasteiger partial charge < -0.3 is 0 Å². The number of nitro groups is 1. The molecule has 0 bridgehead atoms. The lowest BCUT2D eigenvalue weighted by molar-refractivity contribution is -0.386. The number of aryl methyl sites for hydroxylation is 2. The van der Waals surface area contributed by atoms with Crippen molar-refractivity contribution < 1.29 is 9.72 Å². The molecule has 0 unspecified atom stereocenters. The minimum absolute atomic E-state index is 0.0114. The molecule has 6 heteroatoms. The summed E-state index contributed by atoms with van der Waals surface area (Å²) < 4.78 is 1.54. The van der Waals surface area contributed by atoms with Gasteiger partial charge >= 0.3 is 5.69 Å². The van der Waals surface area contributed by atoms with Crippen LogP contribution in [0.25, 0.3) is 0 Å². The maximum atomic E-state index is 11.7. The molecule has 94 valence electrons. The van der Waals surface area contributed by atoms with Crippen molar-refractivity contribution in [3.05, 3.63) is 21.5 Å². The highest BCUT2D eigenvalue weighted by atomic mass is 16.6. The van der Waals surface area contributed by atoms with Crippen molar-refractivity contribution in [1.82, 2.24) is 9.78 Å². The average molecular weight is 239 g/mol. The summed E-state index contributed by atoms with van der Waals surface area (Å²) in [5.74, 6) is -0.141. The number of hydrogen-bond donors (Lipinski definition) is 0. The Bertz CT molecular complexity index is 449. The van der Waals surface area contributed by atoms with E-state index in [-0.39, 0.29) is 23.8 Å². The number of carbonyl (C=O) groups is 1. The van der Waals surface area contributed by atoms with Crippen LogP contribution in [0.15, 0.2) is 0 Å². The molecule has 0 atom stereocenters. The van der Waals surface area contributed by atoms with Gasteiger partial charge in [0, 0.05) is 12.5 Å². The predicted octanol–water partition coefficient (Wildman–Crippen LogP) is 1.89. The summed E-state index contributed by atoms with van der Waals surface area (Å²) in [6.45, 7) is 7.53. The summed E-state index contributed by atoms with van der Waals surface area (Å²) in [6, 6.07) is 0. The Morgan fingerprint density at radius 3 is 2.53 bits per heavy atom. The molecular formula is C11H17N3O3. The van der Waals surface area contributed by atoms with Crippen molar-refractivity contribution in [2.24, 2.45) is 5.92 Å². The molecule has 1 aromatic heterocycles. The molecule has 0 aliphatic rings. The zero-order chi connectivity index (χ0) is 13.2. The summed E-state index contributed by atoms with van der Waals surface area (Å²) in [4.78, 5) is 22.2. The quantitative estimate of drug-likeness (QED) is 0.580. The fourth-order valence-corrected chi connectivity index (χ4v) is 1.66. The lowest BCUT2D eigenvalue weighted by atomic mass is 10.0. The molecule has 0 aromatic carbocycles. The third-order valence-electron chi connectivity index (χ3n) is 2.67. The van der Waals surface area contributed by atoms with Crippen LogP contribution >= 0.6 is 0 Å². The molecule has 0 radical (unpaired) electrons. The second-order valence-corrected chi connectivity index (χ2v) is 4.25. The Labute approximate surface area is 99.8 Å². The summed E-state index contributed by atoms with van der Waals surface area (Å²) in [5.41, 5.74) is 0.748. The molecule has 0 spiro atoms. The minimum Gasteiger partial charge on any atom is -0.299 e. The van der Waals surface area contributed by atoms with Crippen molar-refractivity contribution in [1.29, 1.82) is 0 Å². The van der Waals surface area contributed by atoms with Crippen LogP contribution in [0.1, 0.15) is 32.2 Å². The Balaban J connectivity index is 3.19. The summed E-state index contributed by atoms with van der Waals surface area (Å²) in [5, 5.41) is 15.0. The molecule has 1 aromatic rings. The van der Waals surface area contributed by atoms with E-state index in [1.165, 1.54) is 4.68 Å². The highest BCUT2D eigenvalue weighted by Gasteiger charge is 2.26. The van der Waals surface area contributed by atoms with Gasteiger partial charge in [-0.15, -0.1) is 0 Å². The fraction of sp³-hybridized carbons (Fsp3) is 0.636. The Kier molecular flexibility index (Phi) is 3.98. The SMILES string of the molecule is CCn1nc(C)c([N+](=O)[O-])c1CC(=O)C(C)C. The van der Waals surface area contributed by atoms with E-state index in [0.717, 1.165) is 0 Å². The van der Waals surface area contributed by atoms with E-state index in [9.17, 15) is 14.9 Å². The molecule has 0 saturated carbocycles. The van der Waals surface area contributed by atoms with Gasteiger partial charge in [0.2, 0.25) is 0 Å². The van der Waals surface area contributed by atoms with Crippen molar-refractivity contribution in [2.45, 2.75) is 40.7 Å². The molecule has 0 saturated heterocycles. The van der Waals surface area contributed by atoms with Crippen LogP contribution in [0.3, 0.4) is 0 Å². The van der Waals surface area contributed by atoms with Gasteiger partial charge in [0.25, 0.3) is 0 Å². The van der Waals surface area contributed by atoms with Gasteiger partial charge in [0.1, 0.15) is 17.2 Å². The molecular weight excluding hydrogens is 222 g/mol. The third kappa shape index (κ3) is 2.69. The fourth-order valence-electron chi connectivity index (χ4n) is 1.66. The van der Waals surface area contributed by atoms with E-state index in [0.29, 0.717) is 17.9 Å². The Morgan fingerprint density at radius 1 is 1.53 bits per heavy atom. The maximum Gasteiger partial charge on any atom is 0.313 e. The van der Waals surface area contributed by atoms with Crippen LogP contribution in [0.2, 0.25) is 0 Å². The number of carbonyl (C=O) groups excluding carboxylic acids is 1. The van der Waals surface area contributed by atoms with Crippen molar-refractivity contribution in [2.75, 3.05) is 0 Å². The number of ketones is 1. The summed E-state index contributed by atoms with van der Waals surface area (Å²) in [6.07, 6.45) is 0.0721. The number of Topliss-reactive ketones (excluding diaryl/α,β-unsaturated/α-hetero) is 1. The first-order valence-electron chi connectivity index (χ1n) is 5.61. The van der Waals surface area contributed by atoms with Crippen LogP contribution in [0.5, 0.6) is 0 Å². The first-order valence-corrected chi connectivity index (χ1v) is 5.61. The number of nitrogens with zero attached hydrogens (tertiary/aromatic N) is 3. The Morgan fingerprint density at radius 2 is 2.12 bits per heavy atom. The standard InChI is InChI=1S/C11H17N3O3/c1-5-13-9(6-10(15)7(2)3)11(14(16)17)8(4)12-13/h7H,5-6H2,1-4H3. The molecule has 0 amide bonds. The van der Waals surface area contributed by atoms with Gasteiger partial charge in [0.05, 0.1) is 11.3 Å². The highest BCUT2D eigenvalue weighted by molar-refractivity contribution is 5.83. The van der Waals surface area contributed by atoms with Crippen molar-refractivity contribution in [3.63, 3.8) is 0 Å². The van der Waals surface area contributed by atoms with E-state index >= 15 is 0 Å². The second kappa shape index (κ2) is 5.07. The first kappa shape index (κ1) is 13.3. The topological polar surface area (TPSA) is 78.0 Å². The van der Waals surface area contributed by atoms with Crippen LogP contribution in [0.4, 0.5) is 5.69 Å².